The molecule has 1 aromatic carbocycles. The molecule has 96 valence electrons. The van der Waals surface area contributed by atoms with Crippen molar-refractivity contribution in [1.29, 1.82) is 0 Å². The van der Waals surface area contributed by atoms with E-state index in [2.05, 4.69) is 34.5 Å². The average Bonchev–Trinajstić information content (AvgIpc) is 2.73. The summed E-state index contributed by atoms with van der Waals surface area (Å²) >= 11 is 0. The number of benzene rings is 1. The molecule has 0 radical (unpaired) electrons. The number of nitrogens with one attached hydrogen (secondary N) is 1. The van der Waals surface area contributed by atoms with Crippen LogP contribution in [0.3, 0.4) is 0 Å². The van der Waals surface area contributed by atoms with Crippen molar-refractivity contribution in [3.63, 3.8) is 0 Å². The van der Waals surface area contributed by atoms with Crippen LogP contribution in [-0.4, -0.2) is 42.8 Å². The Morgan fingerprint density at radius 3 is 2.65 bits per heavy atom. The number of aliphatic hydroxyl groups is 1. The first-order valence-corrected chi connectivity index (χ1v) is 5.92. The minimum absolute atomic E-state index is 0. The van der Waals surface area contributed by atoms with Crippen molar-refractivity contribution in [1.82, 2.24) is 10.2 Å². The molecule has 0 bridgehead atoms. The maximum atomic E-state index is 9.49. The largest absolute Gasteiger partial charge is 0.392 e. The fourth-order valence-electron chi connectivity index (χ4n) is 2.28. The Morgan fingerprint density at radius 1 is 1.41 bits per heavy atom. The lowest BCUT2D eigenvalue weighted by atomic mass is 10.1. The fraction of sp³-hybridized carbons (Fsp3) is 0.538. The van der Waals surface area contributed by atoms with Crippen LogP contribution in [0.25, 0.3) is 0 Å². The molecule has 0 amide bonds. The Labute approximate surface area is 109 Å². The van der Waals surface area contributed by atoms with Gasteiger partial charge in [0, 0.05) is 25.7 Å². The lowest BCUT2D eigenvalue weighted by Crippen LogP contribution is -2.32. The molecule has 0 spiro atoms. The molecule has 2 N–H and O–H groups in total. The third-order valence-electron chi connectivity index (χ3n) is 3.24. The summed E-state index contributed by atoms with van der Waals surface area (Å²) in [6, 6.07) is 10.8. The summed E-state index contributed by atoms with van der Waals surface area (Å²) in [6.45, 7) is 2.79. The maximum Gasteiger partial charge on any atom is 0.0679 e. The summed E-state index contributed by atoms with van der Waals surface area (Å²) in [6.07, 6.45) is 0.777. The van der Waals surface area contributed by atoms with Gasteiger partial charge in [0.05, 0.1) is 6.10 Å². The molecular weight excluding hydrogens is 236 g/mol. The van der Waals surface area contributed by atoms with Crippen molar-refractivity contribution < 1.29 is 5.11 Å². The van der Waals surface area contributed by atoms with Crippen LogP contribution in [0.1, 0.15) is 18.0 Å². The Balaban J connectivity index is 0.00000144. The van der Waals surface area contributed by atoms with Gasteiger partial charge in [0.15, 0.2) is 0 Å². The molecular formula is C13H21ClN2O. The van der Waals surface area contributed by atoms with E-state index in [0.29, 0.717) is 6.04 Å². The van der Waals surface area contributed by atoms with Gasteiger partial charge in [-0.05, 0) is 19.0 Å². The highest BCUT2D eigenvalue weighted by Gasteiger charge is 2.22. The number of hydrogen-bond donors (Lipinski definition) is 2. The Morgan fingerprint density at radius 2 is 2.12 bits per heavy atom. The first-order chi connectivity index (χ1) is 7.79. The zero-order valence-corrected chi connectivity index (χ0v) is 11.0. The second kappa shape index (κ2) is 6.97. The van der Waals surface area contributed by atoms with Crippen LogP contribution >= 0.6 is 12.4 Å². The molecule has 4 heteroatoms. The van der Waals surface area contributed by atoms with Crippen LogP contribution in [0, 0.1) is 0 Å². The predicted molar refractivity (Wildman–Crippen MR) is 72.6 cm³/mol. The molecule has 1 aliphatic heterocycles. The number of likely N-dealkylation sites (tertiary alicyclic amines) is 1. The van der Waals surface area contributed by atoms with Gasteiger partial charge in [-0.3, -0.25) is 4.90 Å². The lowest BCUT2D eigenvalue weighted by Gasteiger charge is -2.23. The van der Waals surface area contributed by atoms with E-state index in [1.54, 1.807) is 0 Å². The van der Waals surface area contributed by atoms with Crippen molar-refractivity contribution in [3.05, 3.63) is 35.9 Å². The van der Waals surface area contributed by atoms with Gasteiger partial charge >= 0.3 is 0 Å². The van der Waals surface area contributed by atoms with E-state index in [9.17, 15) is 5.11 Å². The molecule has 1 fully saturated rings. The SMILES string of the molecule is CN[C@H](CN1CC[C@H](O)C1)c1ccccc1.Cl. The second-order valence-electron chi connectivity index (χ2n) is 4.45. The molecule has 1 heterocycles. The average molecular weight is 257 g/mol. The molecule has 0 aromatic heterocycles. The molecule has 0 unspecified atom stereocenters. The van der Waals surface area contributed by atoms with Gasteiger partial charge in [-0.1, -0.05) is 30.3 Å². The number of aliphatic hydroxyl groups excluding tert-OH is 1. The second-order valence-corrected chi connectivity index (χ2v) is 4.45. The molecule has 2 atom stereocenters. The van der Waals surface area contributed by atoms with E-state index < -0.39 is 0 Å². The summed E-state index contributed by atoms with van der Waals surface area (Å²) in [7, 11) is 1.99. The predicted octanol–water partition coefficient (Wildman–Crippen LogP) is 1.44. The Kier molecular flexibility index (Phi) is 5.92. The molecule has 1 saturated heterocycles. The minimum Gasteiger partial charge on any atom is -0.392 e. The third kappa shape index (κ3) is 3.96. The van der Waals surface area contributed by atoms with E-state index in [1.165, 1.54) is 5.56 Å². The number of hydrogen-bond acceptors (Lipinski definition) is 3. The van der Waals surface area contributed by atoms with Crippen molar-refractivity contribution in [2.45, 2.75) is 18.6 Å². The zero-order valence-electron chi connectivity index (χ0n) is 10.2. The summed E-state index contributed by atoms with van der Waals surface area (Å²) < 4.78 is 0. The highest BCUT2D eigenvalue weighted by molar-refractivity contribution is 5.85. The molecule has 1 aliphatic rings. The van der Waals surface area contributed by atoms with Crippen LogP contribution in [0.5, 0.6) is 0 Å². The van der Waals surface area contributed by atoms with Crippen molar-refractivity contribution in [2.75, 3.05) is 26.7 Å². The van der Waals surface area contributed by atoms with E-state index in [-0.39, 0.29) is 18.5 Å². The van der Waals surface area contributed by atoms with Crippen LogP contribution < -0.4 is 5.32 Å². The van der Waals surface area contributed by atoms with Crippen molar-refractivity contribution in [2.24, 2.45) is 0 Å². The smallest absolute Gasteiger partial charge is 0.0679 e. The van der Waals surface area contributed by atoms with Gasteiger partial charge in [-0.25, -0.2) is 0 Å². The molecule has 2 rings (SSSR count). The molecule has 3 nitrogen and oxygen atoms in total. The molecule has 1 aromatic rings. The van der Waals surface area contributed by atoms with E-state index >= 15 is 0 Å². The minimum atomic E-state index is -0.131. The standard InChI is InChI=1S/C13H20N2O.ClH/c1-14-13(11-5-3-2-4-6-11)10-15-8-7-12(16)9-15;/h2-6,12-14,16H,7-10H2,1H3;1H/t12-,13+;/m0./s1. The monoisotopic (exact) mass is 256 g/mol. The maximum absolute atomic E-state index is 9.49. The van der Waals surface area contributed by atoms with Gasteiger partial charge in [-0.15, -0.1) is 12.4 Å². The topological polar surface area (TPSA) is 35.5 Å². The fourth-order valence-corrected chi connectivity index (χ4v) is 2.28. The van der Waals surface area contributed by atoms with Crippen LogP contribution in [0.15, 0.2) is 30.3 Å². The van der Waals surface area contributed by atoms with Crippen LogP contribution in [-0.2, 0) is 0 Å². The number of β-amino-alcohol motifs (C(OH)–C–C–N with tert-alkyl or cyclic N) is 1. The Bertz CT molecular complexity index is 320. The molecule has 0 saturated carbocycles. The summed E-state index contributed by atoms with van der Waals surface area (Å²) in [5.41, 5.74) is 1.31. The quantitative estimate of drug-likeness (QED) is 0.856. The zero-order chi connectivity index (χ0) is 11.4. The lowest BCUT2D eigenvalue weighted by molar-refractivity contribution is 0.173. The van der Waals surface area contributed by atoms with Gasteiger partial charge < -0.3 is 10.4 Å². The highest BCUT2D eigenvalue weighted by atomic mass is 35.5. The van der Waals surface area contributed by atoms with Crippen molar-refractivity contribution >= 4 is 12.4 Å². The normalized spacial score (nSPS) is 22.1. The van der Waals surface area contributed by atoms with Crippen molar-refractivity contribution in [3.8, 4) is 0 Å². The summed E-state index contributed by atoms with van der Waals surface area (Å²) in [4.78, 5) is 2.32. The number of rotatable bonds is 4. The Hall–Kier alpha value is -0.610. The number of halogens is 1. The highest BCUT2D eigenvalue weighted by Crippen LogP contribution is 2.17. The van der Waals surface area contributed by atoms with E-state index in [0.717, 1.165) is 26.1 Å². The van der Waals surface area contributed by atoms with Gasteiger partial charge in [-0.2, -0.15) is 0 Å². The van der Waals surface area contributed by atoms with E-state index in [1.807, 2.05) is 13.1 Å². The van der Waals surface area contributed by atoms with E-state index in [4.69, 9.17) is 0 Å². The van der Waals surface area contributed by atoms with Gasteiger partial charge in [0.25, 0.3) is 0 Å². The molecule has 0 aliphatic carbocycles. The number of likely N-dealkylation sites (N-methyl/N-ethyl adjacent to an activating group) is 1. The first-order valence-electron chi connectivity index (χ1n) is 5.92. The first kappa shape index (κ1) is 14.5. The number of nitrogens with zero attached hydrogens (tertiary/aromatic N) is 1. The summed E-state index contributed by atoms with van der Waals surface area (Å²) in [5, 5.41) is 12.8. The molecule has 17 heavy (non-hydrogen) atoms. The van der Waals surface area contributed by atoms with Crippen LogP contribution in [0.2, 0.25) is 0 Å². The van der Waals surface area contributed by atoms with Crippen LogP contribution in [0.4, 0.5) is 0 Å². The third-order valence-corrected chi connectivity index (χ3v) is 3.24. The summed E-state index contributed by atoms with van der Waals surface area (Å²) in [5.74, 6) is 0. The van der Waals surface area contributed by atoms with Gasteiger partial charge in [0.1, 0.15) is 0 Å². The van der Waals surface area contributed by atoms with Gasteiger partial charge in [0.2, 0.25) is 0 Å².